The van der Waals surface area contributed by atoms with Crippen LogP contribution in [0.1, 0.15) is 13.3 Å². The van der Waals surface area contributed by atoms with Gasteiger partial charge in [0.25, 0.3) is 0 Å². The third-order valence-corrected chi connectivity index (χ3v) is 2.60. The van der Waals surface area contributed by atoms with E-state index in [9.17, 15) is 4.79 Å². The molecule has 1 N–H and O–H groups in total. The van der Waals surface area contributed by atoms with Crippen LogP contribution in [-0.4, -0.2) is 36.5 Å². The minimum atomic E-state index is 0.283. The lowest BCUT2D eigenvalue weighted by Crippen LogP contribution is -2.51. The molecule has 0 saturated carbocycles. The molecule has 0 aromatic carbocycles. The average molecular weight is 154 g/mol. The first-order valence-electron chi connectivity index (χ1n) is 4.27. The second kappa shape index (κ2) is 2.48. The number of piperazine rings is 1. The van der Waals surface area contributed by atoms with Crippen molar-refractivity contribution in [2.45, 2.75) is 19.4 Å². The fraction of sp³-hybridized carbons (Fsp3) is 0.875. The molecule has 2 heterocycles. The van der Waals surface area contributed by atoms with Crippen LogP contribution in [0.2, 0.25) is 0 Å². The third kappa shape index (κ3) is 1.13. The van der Waals surface area contributed by atoms with E-state index in [0.29, 0.717) is 18.5 Å². The number of nitrogens with zero attached hydrogens (tertiary/aromatic N) is 1. The van der Waals surface area contributed by atoms with Gasteiger partial charge in [-0.1, -0.05) is 6.92 Å². The van der Waals surface area contributed by atoms with E-state index in [2.05, 4.69) is 12.2 Å². The van der Waals surface area contributed by atoms with Crippen LogP contribution in [0.3, 0.4) is 0 Å². The predicted octanol–water partition coefficient (Wildman–Crippen LogP) is -0.173. The van der Waals surface area contributed by atoms with Crippen LogP contribution in [0.25, 0.3) is 0 Å². The van der Waals surface area contributed by atoms with Crippen molar-refractivity contribution in [1.82, 2.24) is 10.2 Å². The minimum Gasteiger partial charge on any atom is -0.337 e. The van der Waals surface area contributed by atoms with Crippen molar-refractivity contribution in [2.75, 3.05) is 19.6 Å². The highest BCUT2D eigenvalue weighted by Crippen LogP contribution is 2.23. The first-order chi connectivity index (χ1) is 5.27. The molecule has 2 saturated heterocycles. The maximum absolute atomic E-state index is 11.3. The number of amides is 1. The van der Waals surface area contributed by atoms with Crippen LogP contribution in [-0.2, 0) is 4.79 Å². The molecule has 2 rings (SSSR count). The molecule has 0 radical (unpaired) electrons. The fourth-order valence-electron chi connectivity index (χ4n) is 2.10. The number of carbonyl (C=O) groups excluding carboxylic acids is 1. The number of rotatable bonds is 0. The number of hydrogen-bond acceptors (Lipinski definition) is 2. The van der Waals surface area contributed by atoms with Gasteiger partial charge in [-0.3, -0.25) is 4.79 Å². The molecular formula is C8H14N2O. The molecule has 0 spiro atoms. The lowest BCUT2D eigenvalue weighted by atomic mass is 10.1. The van der Waals surface area contributed by atoms with Gasteiger partial charge < -0.3 is 10.2 Å². The van der Waals surface area contributed by atoms with E-state index >= 15 is 0 Å². The molecular weight excluding hydrogens is 140 g/mol. The van der Waals surface area contributed by atoms with E-state index in [0.717, 1.165) is 13.1 Å². The van der Waals surface area contributed by atoms with Gasteiger partial charge in [-0.2, -0.15) is 0 Å². The normalized spacial score (nSPS) is 37.5. The summed E-state index contributed by atoms with van der Waals surface area (Å²) in [4.78, 5) is 13.3. The Kier molecular flexibility index (Phi) is 1.60. The average Bonchev–Trinajstić information content (AvgIpc) is 2.31. The zero-order valence-electron chi connectivity index (χ0n) is 6.84. The first kappa shape index (κ1) is 7.10. The Hall–Kier alpha value is -0.570. The number of hydrogen-bond donors (Lipinski definition) is 1. The van der Waals surface area contributed by atoms with E-state index in [1.807, 2.05) is 4.90 Å². The molecule has 1 amide bonds. The van der Waals surface area contributed by atoms with E-state index in [-0.39, 0.29) is 5.91 Å². The summed E-state index contributed by atoms with van der Waals surface area (Å²) in [5, 5.41) is 3.14. The Bertz CT molecular complexity index is 181. The third-order valence-electron chi connectivity index (χ3n) is 2.60. The Morgan fingerprint density at radius 1 is 1.64 bits per heavy atom. The number of nitrogens with one attached hydrogen (secondary N) is 1. The van der Waals surface area contributed by atoms with Gasteiger partial charge in [-0.25, -0.2) is 0 Å². The first-order valence-corrected chi connectivity index (χ1v) is 4.27. The summed E-state index contributed by atoms with van der Waals surface area (Å²) in [5.74, 6) is 0.981. The van der Waals surface area contributed by atoms with E-state index in [1.54, 1.807) is 0 Å². The largest absolute Gasteiger partial charge is 0.337 e. The van der Waals surface area contributed by atoms with E-state index in [4.69, 9.17) is 0 Å². The molecule has 2 aliphatic heterocycles. The molecule has 0 aliphatic carbocycles. The Labute approximate surface area is 66.8 Å². The van der Waals surface area contributed by atoms with Crippen molar-refractivity contribution in [3.8, 4) is 0 Å². The number of carbonyl (C=O) groups is 1. The molecule has 3 nitrogen and oxygen atoms in total. The molecule has 3 heteroatoms. The summed E-state index contributed by atoms with van der Waals surface area (Å²) in [7, 11) is 0. The van der Waals surface area contributed by atoms with Gasteiger partial charge in [-0.05, 0) is 12.3 Å². The fourth-order valence-corrected chi connectivity index (χ4v) is 2.10. The zero-order chi connectivity index (χ0) is 7.84. The van der Waals surface area contributed by atoms with Gasteiger partial charge in [0, 0.05) is 19.1 Å². The molecule has 0 aromatic rings. The topological polar surface area (TPSA) is 32.3 Å². The van der Waals surface area contributed by atoms with Crippen molar-refractivity contribution in [2.24, 2.45) is 5.92 Å². The van der Waals surface area contributed by atoms with Gasteiger partial charge in [0.2, 0.25) is 5.91 Å². The summed E-state index contributed by atoms with van der Waals surface area (Å²) < 4.78 is 0. The lowest BCUT2D eigenvalue weighted by Gasteiger charge is -2.29. The predicted molar refractivity (Wildman–Crippen MR) is 42.2 cm³/mol. The highest BCUT2D eigenvalue weighted by atomic mass is 16.2. The second-order valence-corrected chi connectivity index (χ2v) is 3.67. The maximum atomic E-state index is 11.3. The Morgan fingerprint density at radius 3 is 3.18 bits per heavy atom. The van der Waals surface area contributed by atoms with Gasteiger partial charge in [0.05, 0.1) is 6.54 Å². The van der Waals surface area contributed by atoms with Crippen molar-refractivity contribution in [3.05, 3.63) is 0 Å². The van der Waals surface area contributed by atoms with E-state index < -0.39 is 0 Å². The summed E-state index contributed by atoms with van der Waals surface area (Å²) in [6.07, 6.45) is 1.18. The minimum absolute atomic E-state index is 0.283. The van der Waals surface area contributed by atoms with Crippen molar-refractivity contribution >= 4 is 5.91 Å². The van der Waals surface area contributed by atoms with Crippen LogP contribution in [0, 0.1) is 5.92 Å². The summed E-state index contributed by atoms with van der Waals surface area (Å²) in [6, 6.07) is 0.492. The molecule has 0 aromatic heterocycles. The highest BCUT2D eigenvalue weighted by Gasteiger charge is 2.34. The SMILES string of the molecule is CC1CC2CNCC(=O)N2C1. The quantitative estimate of drug-likeness (QED) is 0.525. The monoisotopic (exact) mass is 154 g/mol. The summed E-state index contributed by atoms with van der Waals surface area (Å²) >= 11 is 0. The van der Waals surface area contributed by atoms with Crippen LogP contribution >= 0.6 is 0 Å². The standard InChI is InChI=1S/C8H14N2O/c1-6-2-7-3-9-4-8(11)10(7)5-6/h6-7,9H,2-5H2,1H3. The molecule has 11 heavy (non-hydrogen) atoms. The highest BCUT2D eigenvalue weighted by molar-refractivity contribution is 5.79. The number of fused-ring (bicyclic) bond motifs is 1. The molecule has 0 bridgehead atoms. The molecule has 62 valence electrons. The van der Waals surface area contributed by atoms with Crippen molar-refractivity contribution < 1.29 is 4.79 Å². The van der Waals surface area contributed by atoms with Gasteiger partial charge >= 0.3 is 0 Å². The van der Waals surface area contributed by atoms with Gasteiger partial charge in [0.15, 0.2) is 0 Å². The lowest BCUT2D eigenvalue weighted by molar-refractivity contribution is -0.133. The second-order valence-electron chi connectivity index (χ2n) is 3.67. The molecule has 2 atom stereocenters. The Morgan fingerprint density at radius 2 is 2.45 bits per heavy atom. The zero-order valence-corrected chi connectivity index (χ0v) is 6.84. The van der Waals surface area contributed by atoms with Crippen molar-refractivity contribution in [1.29, 1.82) is 0 Å². The maximum Gasteiger partial charge on any atom is 0.236 e. The molecule has 2 unspecified atom stereocenters. The van der Waals surface area contributed by atoms with Gasteiger partial charge in [0.1, 0.15) is 0 Å². The molecule has 2 aliphatic rings. The van der Waals surface area contributed by atoms with Gasteiger partial charge in [-0.15, -0.1) is 0 Å². The van der Waals surface area contributed by atoms with Crippen LogP contribution in [0.4, 0.5) is 0 Å². The smallest absolute Gasteiger partial charge is 0.236 e. The molecule has 2 fully saturated rings. The summed E-state index contributed by atoms with van der Waals surface area (Å²) in [6.45, 7) is 4.73. The van der Waals surface area contributed by atoms with Crippen LogP contribution < -0.4 is 5.32 Å². The summed E-state index contributed by atoms with van der Waals surface area (Å²) in [5.41, 5.74) is 0. The Balaban J connectivity index is 2.09. The van der Waals surface area contributed by atoms with E-state index in [1.165, 1.54) is 6.42 Å². The van der Waals surface area contributed by atoms with Crippen LogP contribution in [0.15, 0.2) is 0 Å². The van der Waals surface area contributed by atoms with Crippen LogP contribution in [0.5, 0.6) is 0 Å². The van der Waals surface area contributed by atoms with Crippen molar-refractivity contribution in [3.63, 3.8) is 0 Å².